The van der Waals surface area contributed by atoms with E-state index in [1.807, 2.05) is 12.1 Å². The number of halogens is 2. The molecular weight excluding hydrogens is 421 g/mol. The van der Waals surface area contributed by atoms with Gasteiger partial charge in [0.2, 0.25) is 0 Å². The van der Waals surface area contributed by atoms with E-state index in [1.54, 1.807) is 6.07 Å². The van der Waals surface area contributed by atoms with Crippen molar-refractivity contribution in [3.63, 3.8) is 0 Å². The molecule has 0 aliphatic carbocycles. The number of rotatable bonds is 2. The minimum Gasteiger partial charge on any atom is -0.309 e. The molecule has 0 bridgehead atoms. The third-order valence-corrected chi connectivity index (χ3v) is 6.30. The van der Waals surface area contributed by atoms with Crippen molar-refractivity contribution in [2.45, 2.75) is 0 Å². The van der Waals surface area contributed by atoms with Gasteiger partial charge < -0.3 is 4.57 Å². The van der Waals surface area contributed by atoms with Crippen molar-refractivity contribution in [3.8, 4) is 16.8 Å². The molecule has 6 aromatic rings. The van der Waals surface area contributed by atoms with Crippen LogP contribution < -0.4 is 0 Å². The van der Waals surface area contributed by atoms with Gasteiger partial charge in [-0.3, -0.25) is 0 Å². The van der Waals surface area contributed by atoms with Gasteiger partial charge in [-0.2, -0.15) is 0 Å². The van der Waals surface area contributed by atoms with E-state index >= 15 is 0 Å². The summed E-state index contributed by atoms with van der Waals surface area (Å²) in [4.78, 5) is 0. The largest absolute Gasteiger partial charge is 0.309 e. The highest BCUT2D eigenvalue weighted by molar-refractivity contribution is 6.35. The molecule has 0 unspecified atom stereocenters. The molecule has 31 heavy (non-hydrogen) atoms. The number of fused-ring (bicyclic) bond motifs is 5. The van der Waals surface area contributed by atoms with Crippen LogP contribution in [0.15, 0.2) is 103 Å². The fourth-order valence-corrected chi connectivity index (χ4v) is 5.05. The van der Waals surface area contributed by atoms with Gasteiger partial charge >= 0.3 is 0 Å². The van der Waals surface area contributed by atoms with Crippen LogP contribution in [0.25, 0.3) is 49.4 Å². The van der Waals surface area contributed by atoms with Crippen LogP contribution in [0.5, 0.6) is 0 Å². The summed E-state index contributed by atoms with van der Waals surface area (Å²) in [7, 11) is 0. The SMILES string of the molecule is Clc1cc(Cl)cc(-c2ccc3c4ccc5ccccc5c4n(-c4ccccc4)c3c2)c1. The molecule has 1 aromatic heterocycles. The zero-order valence-corrected chi connectivity index (χ0v) is 18.0. The van der Waals surface area contributed by atoms with Gasteiger partial charge in [-0.25, -0.2) is 0 Å². The third kappa shape index (κ3) is 3.01. The fourth-order valence-electron chi connectivity index (χ4n) is 4.52. The Labute approximate surface area is 190 Å². The molecule has 0 amide bonds. The van der Waals surface area contributed by atoms with E-state index in [4.69, 9.17) is 23.2 Å². The summed E-state index contributed by atoms with van der Waals surface area (Å²) < 4.78 is 2.36. The summed E-state index contributed by atoms with van der Waals surface area (Å²) >= 11 is 12.6. The van der Waals surface area contributed by atoms with E-state index in [2.05, 4.69) is 89.5 Å². The second-order valence-corrected chi connectivity index (χ2v) is 8.62. The number of hydrogen-bond donors (Lipinski definition) is 0. The maximum Gasteiger partial charge on any atom is 0.0619 e. The Morgan fingerprint density at radius 3 is 2.03 bits per heavy atom. The molecule has 1 nitrogen and oxygen atoms in total. The Kier molecular flexibility index (Phi) is 4.27. The van der Waals surface area contributed by atoms with Gasteiger partial charge in [0, 0.05) is 31.9 Å². The second kappa shape index (κ2) is 7.16. The highest BCUT2D eigenvalue weighted by Gasteiger charge is 2.16. The molecule has 0 saturated heterocycles. The van der Waals surface area contributed by atoms with E-state index < -0.39 is 0 Å². The molecule has 1 heterocycles. The Hall–Kier alpha value is -3.26. The normalized spacial score (nSPS) is 11.5. The lowest BCUT2D eigenvalue weighted by Gasteiger charge is -2.10. The molecular formula is C28H17Cl2N. The van der Waals surface area contributed by atoms with E-state index in [0.717, 1.165) is 22.3 Å². The van der Waals surface area contributed by atoms with Crippen LogP contribution in [-0.2, 0) is 0 Å². The van der Waals surface area contributed by atoms with Crippen molar-refractivity contribution in [3.05, 3.63) is 113 Å². The number of benzene rings is 5. The lowest BCUT2D eigenvalue weighted by atomic mass is 10.0. The highest BCUT2D eigenvalue weighted by Crippen LogP contribution is 2.38. The zero-order valence-electron chi connectivity index (χ0n) is 16.5. The first-order valence-corrected chi connectivity index (χ1v) is 10.9. The number of nitrogens with zero attached hydrogens (tertiary/aromatic N) is 1. The molecule has 0 fully saturated rings. The smallest absolute Gasteiger partial charge is 0.0619 e. The molecule has 0 aliphatic heterocycles. The number of hydrogen-bond acceptors (Lipinski definition) is 0. The summed E-state index contributed by atoms with van der Waals surface area (Å²) in [6, 6.07) is 35.8. The average molecular weight is 438 g/mol. The van der Waals surface area contributed by atoms with Gasteiger partial charge in [-0.1, -0.05) is 89.9 Å². The predicted octanol–water partition coefficient (Wildman–Crippen LogP) is 8.91. The molecule has 0 saturated carbocycles. The van der Waals surface area contributed by atoms with E-state index in [9.17, 15) is 0 Å². The molecule has 148 valence electrons. The second-order valence-electron chi connectivity index (χ2n) is 7.74. The zero-order chi connectivity index (χ0) is 20.9. The lowest BCUT2D eigenvalue weighted by Crippen LogP contribution is -1.94. The van der Waals surface area contributed by atoms with Crippen molar-refractivity contribution < 1.29 is 0 Å². The van der Waals surface area contributed by atoms with E-state index in [0.29, 0.717) is 10.0 Å². The molecule has 0 radical (unpaired) electrons. The standard InChI is InChI=1S/C28H17Cl2N/c29-21-14-20(15-22(30)17-21)19-11-12-25-26-13-10-18-6-4-5-9-24(18)28(26)31(27(25)16-19)23-7-2-1-3-8-23/h1-17H. The first-order chi connectivity index (χ1) is 15.2. The van der Waals surface area contributed by atoms with E-state index in [-0.39, 0.29) is 0 Å². The molecule has 5 aromatic carbocycles. The van der Waals surface area contributed by atoms with Gasteiger partial charge in [0.15, 0.2) is 0 Å². The Morgan fingerprint density at radius 1 is 0.516 bits per heavy atom. The Balaban J connectivity index is 1.77. The monoisotopic (exact) mass is 437 g/mol. The summed E-state index contributed by atoms with van der Waals surface area (Å²) in [5.41, 5.74) is 5.61. The topological polar surface area (TPSA) is 4.93 Å². The predicted molar refractivity (Wildman–Crippen MR) is 134 cm³/mol. The first-order valence-electron chi connectivity index (χ1n) is 10.2. The number of aromatic nitrogens is 1. The van der Waals surface area contributed by atoms with Gasteiger partial charge in [-0.15, -0.1) is 0 Å². The third-order valence-electron chi connectivity index (χ3n) is 5.86. The molecule has 0 aliphatic rings. The molecule has 6 rings (SSSR count). The summed E-state index contributed by atoms with van der Waals surface area (Å²) in [5.74, 6) is 0. The Morgan fingerprint density at radius 2 is 1.23 bits per heavy atom. The summed E-state index contributed by atoms with van der Waals surface area (Å²) in [6.07, 6.45) is 0. The lowest BCUT2D eigenvalue weighted by molar-refractivity contribution is 1.19. The van der Waals surface area contributed by atoms with Crippen molar-refractivity contribution in [1.29, 1.82) is 0 Å². The molecule has 0 spiro atoms. The van der Waals surface area contributed by atoms with Gasteiger partial charge in [0.05, 0.1) is 11.0 Å². The number of para-hydroxylation sites is 1. The van der Waals surface area contributed by atoms with Crippen LogP contribution >= 0.6 is 23.2 Å². The highest BCUT2D eigenvalue weighted by atomic mass is 35.5. The van der Waals surface area contributed by atoms with Gasteiger partial charge in [0.1, 0.15) is 0 Å². The van der Waals surface area contributed by atoms with Crippen molar-refractivity contribution in [1.82, 2.24) is 4.57 Å². The maximum atomic E-state index is 6.29. The van der Waals surface area contributed by atoms with Crippen LogP contribution in [0, 0.1) is 0 Å². The van der Waals surface area contributed by atoms with Crippen molar-refractivity contribution in [2.75, 3.05) is 0 Å². The minimum absolute atomic E-state index is 0.636. The van der Waals surface area contributed by atoms with E-state index in [1.165, 1.54) is 27.1 Å². The van der Waals surface area contributed by atoms with Crippen molar-refractivity contribution >= 4 is 55.8 Å². The fraction of sp³-hybridized carbons (Fsp3) is 0. The van der Waals surface area contributed by atoms with Gasteiger partial charge in [0.25, 0.3) is 0 Å². The molecule has 0 N–H and O–H groups in total. The summed E-state index contributed by atoms with van der Waals surface area (Å²) in [5, 5.41) is 6.22. The van der Waals surface area contributed by atoms with Gasteiger partial charge in [-0.05, 0) is 52.9 Å². The van der Waals surface area contributed by atoms with Crippen LogP contribution in [0.3, 0.4) is 0 Å². The maximum absolute atomic E-state index is 6.29. The quantitative estimate of drug-likeness (QED) is 0.254. The van der Waals surface area contributed by atoms with Crippen molar-refractivity contribution in [2.24, 2.45) is 0 Å². The van der Waals surface area contributed by atoms with Crippen LogP contribution in [0.2, 0.25) is 10.0 Å². The van der Waals surface area contributed by atoms with Crippen LogP contribution in [0.4, 0.5) is 0 Å². The summed E-state index contributed by atoms with van der Waals surface area (Å²) in [6.45, 7) is 0. The first kappa shape index (κ1) is 18.5. The van der Waals surface area contributed by atoms with Crippen LogP contribution in [0.1, 0.15) is 0 Å². The average Bonchev–Trinajstić information content (AvgIpc) is 3.13. The molecule has 0 atom stereocenters. The van der Waals surface area contributed by atoms with Crippen LogP contribution in [-0.4, -0.2) is 4.57 Å². The molecule has 3 heteroatoms. The minimum atomic E-state index is 0.636. The Bertz CT molecular complexity index is 1580.